The average molecular weight is 264 g/mol. The minimum atomic E-state index is 0.929. The fourth-order valence-corrected chi connectivity index (χ4v) is 2.36. The Kier molecular flexibility index (Phi) is 4.87. The van der Waals surface area contributed by atoms with Gasteiger partial charge in [0.2, 0.25) is 0 Å². The van der Waals surface area contributed by atoms with Gasteiger partial charge in [-0.2, -0.15) is 0 Å². The molecule has 1 aromatic heterocycles. The number of likely N-dealkylation sites (N-methyl/N-ethyl adjacent to an activating group) is 2. The zero-order valence-corrected chi connectivity index (χ0v) is 10.3. The maximum Gasteiger partial charge on any atom is 0.108 e. The van der Waals surface area contributed by atoms with Gasteiger partial charge in [0.15, 0.2) is 0 Å². The number of thiazole rings is 1. The van der Waals surface area contributed by atoms with Crippen LogP contribution in [0.4, 0.5) is 0 Å². The highest BCUT2D eigenvalue weighted by molar-refractivity contribution is 9.11. The summed E-state index contributed by atoms with van der Waals surface area (Å²) in [7, 11) is 4.07. The molecule has 1 N–H and O–H groups in total. The molecule has 0 aliphatic carbocycles. The molecule has 1 rings (SSSR count). The first-order valence-electron chi connectivity index (χ1n) is 4.15. The molecule has 0 saturated heterocycles. The molecule has 0 atom stereocenters. The summed E-state index contributed by atoms with van der Waals surface area (Å²) in [6.45, 7) is 2.99. The second-order valence-corrected chi connectivity index (χ2v) is 5.39. The van der Waals surface area contributed by atoms with Gasteiger partial charge in [0, 0.05) is 13.1 Å². The number of nitrogens with zero attached hydrogens (tertiary/aromatic N) is 2. The minimum Gasteiger partial charge on any atom is -0.318 e. The molecule has 1 aromatic rings. The summed E-state index contributed by atoms with van der Waals surface area (Å²) in [5.74, 6) is 0. The number of halogens is 1. The summed E-state index contributed by atoms with van der Waals surface area (Å²) >= 11 is 5.09. The van der Waals surface area contributed by atoms with Crippen LogP contribution in [0.25, 0.3) is 0 Å². The number of rotatable bonds is 5. The minimum absolute atomic E-state index is 0.929. The highest BCUT2D eigenvalue weighted by Crippen LogP contribution is 2.19. The molecule has 3 nitrogen and oxygen atoms in total. The van der Waals surface area contributed by atoms with Crippen molar-refractivity contribution in [2.24, 2.45) is 0 Å². The lowest BCUT2D eigenvalue weighted by atomic mass is 10.5. The molecule has 0 spiro atoms. The molecule has 0 saturated carbocycles. The van der Waals surface area contributed by atoms with E-state index in [9.17, 15) is 0 Å². The van der Waals surface area contributed by atoms with Crippen LogP contribution in [-0.2, 0) is 6.54 Å². The van der Waals surface area contributed by atoms with Crippen LogP contribution < -0.4 is 5.32 Å². The van der Waals surface area contributed by atoms with E-state index in [2.05, 4.69) is 38.2 Å². The van der Waals surface area contributed by atoms with Crippen LogP contribution in [-0.4, -0.2) is 37.1 Å². The van der Waals surface area contributed by atoms with Gasteiger partial charge in [-0.05, 0) is 30.0 Å². The predicted molar refractivity (Wildman–Crippen MR) is 60.1 cm³/mol. The first-order valence-corrected chi connectivity index (χ1v) is 5.76. The molecule has 0 bridgehead atoms. The lowest BCUT2D eigenvalue weighted by Crippen LogP contribution is -2.26. The van der Waals surface area contributed by atoms with Gasteiger partial charge in [-0.15, -0.1) is 11.3 Å². The van der Waals surface area contributed by atoms with Crippen molar-refractivity contribution in [2.75, 3.05) is 27.2 Å². The van der Waals surface area contributed by atoms with E-state index in [-0.39, 0.29) is 0 Å². The van der Waals surface area contributed by atoms with E-state index in [4.69, 9.17) is 0 Å². The second kappa shape index (κ2) is 5.70. The van der Waals surface area contributed by atoms with Gasteiger partial charge in [-0.25, -0.2) is 4.98 Å². The molecule has 0 radical (unpaired) electrons. The van der Waals surface area contributed by atoms with Gasteiger partial charge in [-0.3, -0.25) is 4.90 Å². The smallest absolute Gasteiger partial charge is 0.108 e. The van der Waals surface area contributed by atoms with Crippen LogP contribution in [0.1, 0.15) is 5.01 Å². The Hall–Kier alpha value is 0.0300. The summed E-state index contributed by atoms with van der Waals surface area (Å²) in [4.78, 5) is 6.53. The Bertz CT molecular complexity index is 251. The topological polar surface area (TPSA) is 28.2 Å². The molecular weight excluding hydrogens is 250 g/mol. The molecule has 5 heteroatoms. The molecule has 0 unspecified atom stereocenters. The van der Waals surface area contributed by atoms with E-state index in [1.54, 1.807) is 11.3 Å². The third-order valence-electron chi connectivity index (χ3n) is 1.67. The lowest BCUT2D eigenvalue weighted by Gasteiger charge is -2.13. The lowest BCUT2D eigenvalue weighted by molar-refractivity contribution is 0.327. The first kappa shape index (κ1) is 11.1. The third kappa shape index (κ3) is 4.17. The highest BCUT2D eigenvalue weighted by atomic mass is 79.9. The SMILES string of the molecule is CNCCN(C)Cc1ncc(Br)s1. The predicted octanol–water partition coefficient (Wildman–Crippen LogP) is 1.56. The van der Waals surface area contributed by atoms with Crippen molar-refractivity contribution in [3.05, 3.63) is 15.0 Å². The van der Waals surface area contributed by atoms with Crippen molar-refractivity contribution in [2.45, 2.75) is 6.54 Å². The first-order chi connectivity index (χ1) is 6.22. The monoisotopic (exact) mass is 263 g/mol. The number of hydrogen-bond acceptors (Lipinski definition) is 4. The van der Waals surface area contributed by atoms with Crippen molar-refractivity contribution in [3.63, 3.8) is 0 Å². The zero-order valence-electron chi connectivity index (χ0n) is 7.88. The Morgan fingerprint density at radius 2 is 2.46 bits per heavy atom. The van der Waals surface area contributed by atoms with Crippen LogP contribution in [0, 0.1) is 0 Å². The van der Waals surface area contributed by atoms with Crippen molar-refractivity contribution >= 4 is 27.3 Å². The van der Waals surface area contributed by atoms with Crippen molar-refractivity contribution in [1.29, 1.82) is 0 Å². The van der Waals surface area contributed by atoms with E-state index < -0.39 is 0 Å². The van der Waals surface area contributed by atoms with Gasteiger partial charge >= 0.3 is 0 Å². The van der Waals surface area contributed by atoms with Gasteiger partial charge < -0.3 is 5.32 Å². The summed E-state index contributed by atoms with van der Waals surface area (Å²) in [6, 6.07) is 0. The van der Waals surface area contributed by atoms with Crippen LogP contribution in [0.2, 0.25) is 0 Å². The van der Waals surface area contributed by atoms with E-state index in [0.29, 0.717) is 0 Å². The molecule has 0 amide bonds. The Morgan fingerprint density at radius 1 is 1.69 bits per heavy atom. The standard InChI is InChI=1S/C8H14BrN3S/c1-10-3-4-12(2)6-8-11-5-7(9)13-8/h5,10H,3-4,6H2,1-2H3. The molecule has 0 aliphatic heterocycles. The molecule has 0 aliphatic rings. The third-order valence-corrected chi connectivity index (χ3v) is 3.13. The molecule has 74 valence electrons. The van der Waals surface area contributed by atoms with E-state index in [1.165, 1.54) is 0 Å². The second-order valence-electron chi connectivity index (χ2n) is 2.90. The van der Waals surface area contributed by atoms with Crippen molar-refractivity contribution < 1.29 is 0 Å². The summed E-state index contributed by atoms with van der Waals surface area (Å²) in [6.07, 6.45) is 1.85. The maximum absolute atomic E-state index is 4.27. The summed E-state index contributed by atoms with van der Waals surface area (Å²) < 4.78 is 1.10. The Labute approximate surface area is 91.3 Å². The van der Waals surface area contributed by atoms with Gasteiger partial charge in [-0.1, -0.05) is 0 Å². The zero-order chi connectivity index (χ0) is 9.68. The van der Waals surface area contributed by atoms with Crippen LogP contribution >= 0.6 is 27.3 Å². The Balaban J connectivity index is 2.31. The van der Waals surface area contributed by atoms with E-state index in [0.717, 1.165) is 28.4 Å². The number of aromatic nitrogens is 1. The summed E-state index contributed by atoms with van der Waals surface area (Å²) in [5, 5.41) is 4.28. The summed E-state index contributed by atoms with van der Waals surface area (Å²) in [5.41, 5.74) is 0. The molecule has 0 aromatic carbocycles. The fourth-order valence-electron chi connectivity index (χ4n) is 0.974. The van der Waals surface area contributed by atoms with Crippen LogP contribution in [0.3, 0.4) is 0 Å². The fraction of sp³-hybridized carbons (Fsp3) is 0.625. The Morgan fingerprint density at radius 3 is 3.00 bits per heavy atom. The van der Waals surface area contributed by atoms with Crippen LogP contribution in [0.5, 0.6) is 0 Å². The van der Waals surface area contributed by atoms with Gasteiger partial charge in [0.05, 0.1) is 16.5 Å². The normalized spacial score (nSPS) is 11.1. The van der Waals surface area contributed by atoms with E-state index >= 15 is 0 Å². The van der Waals surface area contributed by atoms with Crippen molar-refractivity contribution in [3.8, 4) is 0 Å². The molecule has 0 fully saturated rings. The van der Waals surface area contributed by atoms with Crippen molar-refractivity contribution in [1.82, 2.24) is 15.2 Å². The quantitative estimate of drug-likeness (QED) is 0.874. The molecule has 13 heavy (non-hydrogen) atoms. The molecule has 1 heterocycles. The maximum atomic E-state index is 4.27. The van der Waals surface area contributed by atoms with E-state index in [1.807, 2.05) is 13.2 Å². The van der Waals surface area contributed by atoms with Gasteiger partial charge in [0.1, 0.15) is 5.01 Å². The highest BCUT2D eigenvalue weighted by Gasteiger charge is 2.03. The van der Waals surface area contributed by atoms with Gasteiger partial charge in [0.25, 0.3) is 0 Å². The number of nitrogens with one attached hydrogen (secondary N) is 1. The van der Waals surface area contributed by atoms with Crippen LogP contribution in [0.15, 0.2) is 9.98 Å². The average Bonchev–Trinajstić information content (AvgIpc) is 2.48. The largest absolute Gasteiger partial charge is 0.318 e. The number of hydrogen-bond donors (Lipinski definition) is 1. The molecular formula is C8H14BrN3S.